The highest BCUT2D eigenvalue weighted by atomic mass is 16.5. The molecule has 1 N–H and O–H groups in total. The first-order valence-electron chi connectivity index (χ1n) is 5.64. The van der Waals surface area contributed by atoms with Crippen LogP contribution in [0.2, 0.25) is 0 Å². The van der Waals surface area contributed by atoms with Crippen molar-refractivity contribution in [1.82, 2.24) is 9.55 Å². The molecular weight excluding hydrogens is 246 g/mol. The molecule has 2 aromatic rings. The molecule has 1 aromatic heterocycles. The van der Waals surface area contributed by atoms with Crippen molar-refractivity contribution in [1.29, 1.82) is 0 Å². The van der Waals surface area contributed by atoms with Gasteiger partial charge >= 0.3 is 0 Å². The van der Waals surface area contributed by atoms with Gasteiger partial charge in [-0.25, -0.2) is 4.98 Å². The Morgan fingerprint density at radius 2 is 2.16 bits per heavy atom. The number of anilines is 1. The summed E-state index contributed by atoms with van der Waals surface area (Å²) in [4.78, 5) is 27.1. The van der Waals surface area contributed by atoms with Crippen LogP contribution in [0.5, 0.6) is 5.75 Å². The summed E-state index contributed by atoms with van der Waals surface area (Å²) in [5, 5.41) is 2.69. The van der Waals surface area contributed by atoms with Gasteiger partial charge < -0.3 is 10.1 Å². The van der Waals surface area contributed by atoms with Crippen LogP contribution in [-0.2, 0) is 11.3 Å². The summed E-state index contributed by atoms with van der Waals surface area (Å²) in [6, 6.07) is 8.36. The summed E-state index contributed by atoms with van der Waals surface area (Å²) in [5.41, 5.74) is 0.289. The number of amides is 1. The Kier molecular flexibility index (Phi) is 3.92. The van der Waals surface area contributed by atoms with Crippen molar-refractivity contribution in [2.45, 2.75) is 6.54 Å². The Bertz CT molecular complexity index is 637. The molecule has 2 rings (SSSR count). The molecule has 1 amide bonds. The highest BCUT2D eigenvalue weighted by molar-refractivity contribution is 5.92. The lowest BCUT2D eigenvalue weighted by Gasteiger charge is -2.10. The van der Waals surface area contributed by atoms with Crippen molar-refractivity contribution in [3.8, 4) is 5.75 Å². The maximum atomic E-state index is 11.8. The van der Waals surface area contributed by atoms with Crippen molar-refractivity contribution >= 4 is 11.6 Å². The number of carbonyl (C=O) groups excluding carboxylic acids is 1. The van der Waals surface area contributed by atoms with Crippen molar-refractivity contribution in [3.63, 3.8) is 0 Å². The molecule has 0 saturated heterocycles. The van der Waals surface area contributed by atoms with E-state index in [1.54, 1.807) is 24.3 Å². The second kappa shape index (κ2) is 5.81. The fourth-order valence-corrected chi connectivity index (χ4v) is 1.59. The number of aromatic nitrogens is 2. The third-order valence-electron chi connectivity index (χ3n) is 2.49. The molecule has 0 radical (unpaired) electrons. The molecule has 98 valence electrons. The Balaban J connectivity index is 2.10. The monoisotopic (exact) mass is 259 g/mol. The fourth-order valence-electron chi connectivity index (χ4n) is 1.59. The largest absolute Gasteiger partial charge is 0.495 e. The van der Waals surface area contributed by atoms with Crippen molar-refractivity contribution in [2.24, 2.45) is 0 Å². The van der Waals surface area contributed by atoms with Gasteiger partial charge in [-0.05, 0) is 12.1 Å². The minimum absolute atomic E-state index is 0.0925. The van der Waals surface area contributed by atoms with E-state index in [1.807, 2.05) is 0 Å². The maximum absolute atomic E-state index is 11.8. The zero-order valence-corrected chi connectivity index (χ0v) is 10.4. The number of para-hydroxylation sites is 2. The minimum atomic E-state index is -0.320. The Morgan fingerprint density at radius 1 is 1.37 bits per heavy atom. The Morgan fingerprint density at radius 3 is 2.89 bits per heavy atom. The standard InChI is InChI=1S/C13H13N3O3/c1-19-11-5-3-2-4-10(11)15-12(17)8-16-9-14-7-6-13(16)18/h2-7,9H,8H2,1H3,(H,15,17). The van der Waals surface area contributed by atoms with E-state index in [4.69, 9.17) is 4.74 Å². The van der Waals surface area contributed by atoms with Crippen LogP contribution in [0.4, 0.5) is 5.69 Å². The number of benzene rings is 1. The molecule has 19 heavy (non-hydrogen) atoms. The van der Waals surface area contributed by atoms with E-state index in [0.717, 1.165) is 0 Å². The lowest BCUT2D eigenvalue weighted by molar-refractivity contribution is -0.116. The molecule has 0 atom stereocenters. The summed E-state index contributed by atoms with van der Waals surface area (Å²) in [7, 11) is 1.52. The second-order valence-corrected chi connectivity index (χ2v) is 3.79. The number of hydrogen-bond acceptors (Lipinski definition) is 4. The zero-order valence-electron chi connectivity index (χ0n) is 10.4. The van der Waals surface area contributed by atoms with Crippen LogP contribution in [0.15, 0.2) is 47.7 Å². The first-order valence-corrected chi connectivity index (χ1v) is 5.64. The van der Waals surface area contributed by atoms with Gasteiger partial charge in [0.2, 0.25) is 5.91 Å². The van der Waals surface area contributed by atoms with Crippen LogP contribution in [0.25, 0.3) is 0 Å². The minimum Gasteiger partial charge on any atom is -0.495 e. The molecule has 0 fully saturated rings. The highest BCUT2D eigenvalue weighted by Crippen LogP contribution is 2.22. The summed E-state index contributed by atoms with van der Waals surface area (Å²) >= 11 is 0. The predicted molar refractivity (Wildman–Crippen MR) is 70.1 cm³/mol. The lowest BCUT2D eigenvalue weighted by atomic mass is 10.3. The van der Waals surface area contributed by atoms with E-state index in [0.29, 0.717) is 11.4 Å². The topological polar surface area (TPSA) is 73.2 Å². The first-order chi connectivity index (χ1) is 9.20. The first kappa shape index (κ1) is 12.8. The molecule has 6 heteroatoms. The maximum Gasteiger partial charge on any atom is 0.253 e. The quantitative estimate of drug-likeness (QED) is 0.885. The predicted octanol–water partition coefficient (Wildman–Crippen LogP) is 0.891. The molecule has 1 heterocycles. The van der Waals surface area contributed by atoms with E-state index in [2.05, 4.69) is 10.3 Å². The number of hydrogen-bond donors (Lipinski definition) is 1. The molecule has 0 aliphatic heterocycles. The van der Waals surface area contributed by atoms with Gasteiger partial charge in [-0.15, -0.1) is 0 Å². The van der Waals surface area contributed by atoms with Crippen LogP contribution in [-0.4, -0.2) is 22.6 Å². The molecule has 0 spiro atoms. The van der Waals surface area contributed by atoms with Gasteiger partial charge in [0.25, 0.3) is 5.56 Å². The van der Waals surface area contributed by atoms with Crippen LogP contribution in [0.3, 0.4) is 0 Å². The fraction of sp³-hybridized carbons (Fsp3) is 0.154. The highest BCUT2D eigenvalue weighted by Gasteiger charge is 2.08. The van der Waals surface area contributed by atoms with E-state index in [9.17, 15) is 9.59 Å². The second-order valence-electron chi connectivity index (χ2n) is 3.79. The van der Waals surface area contributed by atoms with Gasteiger partial charge in [0.1, 0.15) is 12.3 Å². The van der Waals surface area contributed by atoms with E-state index < -0.39 is 0 Å². The Labute approximate surface area is 109 Å². The zero-order chi connectivity index (χ0) is 13.7. The lowest BCUT2D eigenvalue weighted by Crippen LogP contribution is -2.27. The normalized spacial score (nSPS) is 9.95. The number of methoxy groups -OCH3 is 1. The molecule has 0 aliphatic rings. The number of carbonyl (C=O) groups is 1. The average molecular weight is 259 g/mol. The summed E-state index contributed by atoms with van der Waals surface area (Å²) in [5.74, 6) is 0.244. The van der Waals surface area contributed by atoms with Crippen LogP contribution in [0.1, 0.15) is 0 Å². The van der Waals surface area contributed by atoms with E-state index in [1.165, 1.54) is 30.3 Å². The molecule has 1 aromatic carbocycles. The molecule has 0 bridgehead atoms. The molecular formula is C13H13N3O3. The SMILES string of the molecule is COc1ccccc1NC(=O)Cn1cnccc1=O. The smallest absolute Gasteiger partial charge is 0.253 e. The van der Waals surface area contributed by atoms with Gasteiger partial charge in [-0.1, -0.05) is 12.1 Å². The molecule has 0 unspecified atom stereocenters. The average Bonchev–Trinajstić information content (AvgIpc) is 2.42. The van der Waals surface area contributed by atoms with Gasteiger partial charge in [-0.2, -0.15) is 0 Å². The van der Waals surface area contributed by atoms with Gasteiger partial charge in [0, 0.05) is 12.3 Å². The van der Waals surface area contributed by atoms with Crippen LogP contribution >= 0.6 is 0 Å². The number of ether oxygens (including phenoxy) is 1. The number of nitrogens with one attached hydrogen (secondary N) is 1. The summed E-state index contributed by atoms with van der Waals surface area (Å²) < 4.78 is 6.35. The van der Waals surface area contributed by atoms with E-state index >= 15 is 0 Å². The third kappa shape index (κ3) is 3.19. The number of nitrogens with zero attached hydrogens (tertiary/aromatic N) is 2. The molecule has 0 aliphatic carbocycles. The van der Waals surface area contributed by atoms with Gasteiger partial charge in [-0.3, -0.25) is 14.2 Å². The van der Waals surface area contributed by atoms with Crippen molar-refractivity contribution in [3.05, 3.63) is 53.2 Å². The van der Waals surface area contributed by atoms with Gasteiger partial charge in [0.15, 0.2) is 0 Å². The van der Waals surface area contributed by atoms with Crippen LogP contribution < -0.4 is 15.6 Å². The van der Waals surface area contributed by atoms with Crippen molar-refractivity contribution in [2.75, 3.05) is 12.4 Å². The van der Waals surface area contributed by atoms with Gasteiger partial charge in [0.05, 0.1) is 19.1 Å². The summed E-state index contributed by atoms with van der Waals surface area (Å²) in [6.07, 6.45) is 2.71. The Hall–Kier alpha value is -2.63. The summed E-state index contributed by atoms with van der Waals surface area (Å²) in [6.45, 7) is -0.0925. The molecule has 6 nitrogen and oxygen atoms in total. The van der Waals surface area contributed by atoms with Crippen molar-refractivity contribution < 1.29 is 9.53 Å². The van der Waals surface area contributed by atoms with E-state index in [-0.39, 0.29) is 18.0 Å². The van der Waals surface area contributed by atoms with Crippen LogP contribution in [0, 0.1) is 0 Å². The third-order valence-corrected chi connectivity index (χ3v) is 2.49. The number of rotatable bonds is 4. The molecule has 0 saturated carbocycles.